The first kappa shape index (κ1) is 14.3. The number of hydrogen-bond acceptors (Lipinski definition) is 3. The lowest BCUT2D eigenvalue weighted by Crippen LogP contribution is -2.10. The van der Waals surface area contributed by atoms with Crippen LogP contribution in [-0.4, -0.2) is 20.3 Å². The fraction of sp³-hybridized carbons (Fsp3) is 0.222. The van der Waals surface area contributed by atoms with Gasteiger partial charge in [0.1, 0.15) is 5.75 Å². The minimum atomic E-state index is 0.124. The zero-order valence-electron chi connectivity index (χ0n) is 13.0. The van der Waals surface area contributed by atoms with Gasteiger partial charge in [-0.05, 0) is 23.1 Å². The third kappa shape index (κ3) is 2.72. The molecule has 0 fully saturated rings. The maximum absolute atomic E-state index is 9.88. The van der Waals surface area contributed by atoms with Gasteiger partial charge in [0, 0.05) is 5.56 Å². The van der Waals surface area contributed by atoms with E-state index in [9.17, 15) is 5.11 Å². The highest BCUT2D eigenvalue weighted by atomic mass is 16.3. The molecule has 0 unspecified atom stereocenters. The first-order chi connectivity index (χ1) is 10.4. The molecule has 0 radical (unpaired) electrons. The van der Waals surface area contributed by atoms with Crippen molar-refractivity contribution >= 4 is 0 Å². The Balaban J connectivity index is 1.93. The molecule has 0 aliphatic rings. The topological polar surface area (TPSA) is 61.8 Å². The minimum absolute atomic E-state index is 0.124. The van der Waals surface area contributed by atoms with Crippen molar-refractivity contribution in [3.63, 3.8) is 0 Å². The molecule has 3 rings (SSSR count). The van der Waals surface area contributed by atoms with Crippen LogP contribution < -0.4 is 0 Å². The first-order valence-electron chi connectivity index (χ1n) is 7.27. The second-order valence-corrected chi connectivity index (χ2v) is 6.35. The van der Waals surface area contributed by atoms with Crippen LogP contribution in [0.4, 0.5) is 0 Å². The van der Waals surface area contributed by atoms with E-state index in [1.54, 1.807) is 12.1 Å². The summed E-state index contributed by atoms with van der Waals surface area (Å²) in [7, 11) is 0. The van der Waals surface area contributed by atoms with Crippen molar-refractivity contribution in [3.8, 4) is 28.5 Å². The molecule has 4 heteroatoms. The number of rotatable bonds is 2. The normalized spacial score (nSPS) is 11.6. The van der Waals surface area contributed by atoms with Gasteiger partial charge in [0.15, 0.2) is 11.6 Å². The van der Waals surface area contributed by atoms with E-state index >= 15 is 0 Å². The third-order valence-corrected chi connectivity index (χ3v) is 3.65. The molecule has 2 aromatic carbocycles. The predicted octanol–water partition coefficient (Wildman–Crippen LogP) is 4.14. The summed E-state index contributed by atoms with van der Waals surface area (Å²) in [6, 6.07) is 15.3. The summed E-state index contributed by atoms with van der Waals surface area (Å²) >= 11 is 0. The molecule has 0 aliphatic heterocycles. The lowest BCUT2D eigenvalue weighted by Gasteiger charge is -2.18. The number of phenols is 1. The summed E-state index contributed by atoms with van der Waals surface area (Å²) in [6.45, 7) is 6.56. The SMILES string of the molecule is CC(C)(C)c1ccc(-c2n[nH]c(-c3ccccc3O)n2)cc1. The molecule has 0 aliphatic carbocycles. The molecule has 4 nitrogen and oxygen atoms in total. The molecule has 0 atom stereocenters. The van der Waals surface area contributed by atoms with Crippen molar-refractivity contribution in [2.24, 2.45) is 0 Å². The average Bonchev–Trinajstić information content (AvgIpc) is 2.96. The smallest absolute Gasteiger partial charge is 0.181 e. The zero-order chi connectivity index (χ0) is 15.7. The maximum atomic E-state index is 9.88. The van der Waals surface area contributed by atoms with Gasteiger partial charge in [-0.2, -0.15) is 5.10 Å². The van der Waals surface area contributed by atoms with E-state index in [-0.39, 0.29) is 11.2 Å². The Morgan fingerprint density at radius 3 is 2.27 bits per heavy atom. The molecule has 0 amide bonds. The Kier molecular flexibility index (Phi) is 3.45. The lowest BCUT2D eigenvalue weighted by atomic mass is 9.87. The van der Waals surface area contributed by atoms with Crippen LogP contribution in [0.3, 0.4) is 0 Å². The molecule has 2 N–H and O–H groups in total. The van der Waals surface area contributed by atoms with Gasteiger partial charge in [0.05, 0.1) is 5.56 Å². The highest BCUT2D eigenvalue weighted by Gasteiger charge is 2.14. The summed E-state index contributed by atoms with van der Waals surface area (Å²) < 4.78 is 0. The Morgan fingerprint density at radius 2 is 1.64 bits per heavy atom. The molecule has 3 aromatic rings. The number of nitrogens with one attached hydrogen (secondary N) is 1. The molecule has 1 heterocycles. The summed E-state index contributed by atoms with van der Waals surface area (Å²) in [6.07, 6.45) is 0. The van der Waals surface area contributed by atoms with Gasteiger partial charge in [-0.1, -0.05) is 57.2 Å². The van der Waals surface area contributed by atoms with E-state index in [1.807, 2.05) is 24.3 Å². The Bertz CT molecular complexity index is 783. The molecule has 22 heavy (non-hydrogen) atoms. The fourth-order valence-corrected chi connectivity index (χ4v) is 2.30. The number of para-hydroxylation sites is 1. The molecule has 0 bridgehead atoms. The molecular formula is C18H19N3O. The number of nitrogens with zero attached hydrogens (tertiary/aromatic N) is 2. The number of phenolic OH excluding ortho intramolecular Hbond substituents is 1. The number of aromatic hydroxyl groups is 1. The van der Waals surface area contributed by atoms with Crippen molar-refractivity contribution in [1.82, 2.24) is 15.2 Å². The van der Waals surface area contributed by atoms with Gasteiger partial charge < -0.3 is 5.11 Å². The molecule has 0 saturated carbocycles. The van der Waals surface area contributed by atoms with E-state index in [1.165, 1.54) is 5.56 Å². The number of aromatic amines is 1. The molecular weight excluding hydrogens is 274 g/mol. The van der Waals surface area contributed by atoms with Crippen LogP contribution in [0.1, 0.15) is 26.3 Å². The lowest BCUT2D eigenvalue weighted by molar-refractivity contribution is 0.477. The fourth-order valence-electron chi connectivity index (χ4n) is 2.30. The van der Waals surface area contributed by atoms with E-state index in [0.29, 0.717) is 17.2 Å². The van der Waals surface area contributed by atoms with Crippen LogP contribution in [0.25, 0.3) is 22.8 Å². The van der Waals surface area contributed by atoms with E-state index in [0.717, 1.165) is 5.56 Å². The summed E-state index contributed by atoms with van der Waals surface area (Å²) in [5, 5.41) is 17.0. The number of aromatic nitrogens is 3. The maximum Gasteiger partial charge on any atom is 0.181 e. The van der Waals surface area contributed by atoms with Crippen molar-refractivity contribution in [2.45, 2.75) is 26.2 Å². The van der Waals surface area contributed by atoms with Crippen LogP contribution in [0.5, 0.6) is 5.75 Å². The van der Waals surface area contributed by atoms with Gasteiger partial charge in [-0.25, -0.2) is 4.98 Å². The summed E-state index contributed by atoms with van der Waals surface area (Å²) in [5.74, 6) is 1.37. The summed E-state index contributed by atoms with van der Waals surface area (Å²) in [5.41, 5.74) is 2.99. The van der Waals surface area contributed by atoms with Crippen LogP contribution in [0.2, 0.25) is 0 Å². The standard InChI is InChI=1S/C18H19N3O/c1-18(2,3)13-10-8-12(9-11-13)16-19-17(21-20-16)14-6-4-5-7-15(14)22/h4-11,22H,1-3H3,(H,19,20,21). The van der Waals surface area contributed by atoms with Crippen molar-refractivity contribution in [3.05, 3.63) is 54.1 Å². The van der Waals surface area contributed by atoms with Crippen molar-refractivity contribution in [1.29, 1.82) is 0 Å². The Hall–Kier alpha value is -2.62. The first-order valence-corrected chi connectivity index (χ1v) is 7.27. The molecule has 0 saturated heterocycles. The molecule has 112 valence electrons. The van der Waals surface area contributed by atoms with E-state index < -0.39 is 0 Å². The van der Waals surface area contributed by atoms with E-state index in [2.05, 4.69) is 48.1 Å². The van der Waals surface area contributed by atoms with Gasteiger partial charge in [-0.15, -0.1) is 0 Å². The molecule has 0 spiro atoms. The monoisotopic (exact) mass is 293 g/mol. The third-order valence-electron chi connectivity index (χ3n) is 3.65. The quantitative estimate of drug-likeness (QED) is 0.746. The van der Waals surface area contributed by atoms with Gasteiger partial charge >= 0.3 is 0 Å². The second kappa shape index (κ2) is 5.30. The number of benzene rings is 2. The van der Waals surface area contributed by atoms with E-state index in [4.69, 9.17) is 0 Å². The van der Waals surface area contributed by atoms with Crippen molar-refractivity contribution in [2.75, 3.05) is 0 Å². The second-order valence-electron chi connectivity index (χ2n) is 6.35. The van der Waals surface area contributed by atoms with Crippen LogP contribution in [0.15, 0.2) is 48.5 Å². The highest BCUT2D eigenvalue weighted by Crippen LogP contribution is 2.28. The minimum Gasteiger partial charge on any atom is -0.507 e. The predicted molar refractivity (Wildman–Crippen MR) is 87.6 cm³/mol. The number of H-pyrrole nitrogens is 1. The van der Waals surface area contributed by atoms with Crippen LogP contribution >= 0.6 is 0 Å². The largest absolute Gasteiger partial charge is 0.507 e. The Morgan fingerprint density at radius 1 is 0.955 bits per heavy atom. The zero-order valence-corrected chi connectivity index (χ0v) is 13.0. The van der Waals surface area contributed by atoms with Crippen LogP contribution in [-0.2, 0) is 5.41 Å². The van der Waals surface area contributed by atoms with Crippen molar-refractivity contribution < 1.29 is 5.11 Å². The summed E-state index contributed by atoms with van der Waals surface area (Å²) in [4.78, 5) is 4.48. The van der Waals surface area contributed by atoms with Gasteiger partial charge in [-0.3, -0.25) is 5.10 Å². The molecule has 1 aromatic heterocycles. The van der Waals surface area contributed by atoms with Gasteiger partial charge in [0.25, 0.3) is 0 Å². The Labute approximate surface area is 129 Å². The van der Waals surface area contributed by atoms with Gasteiger partial charge in [0.2, 0.25) is 0 Å². The van der Waals surface area contributed by atoms with Crippen LogP contribution in [0, 0.1) is 0 Å². The highest BCUT2D eigenvalue weighted by molar-refractivity contribution is 5.66. The number of hydrogen-bond donors (Lipinski definition) is 2. The average molecular weight is 293 g/mol.